The number of nitrogens with one attached hydrogen (secondary N) is 1. The van der Waals surface area contributed by atoms with Crippen LogP contribution in [0.2, 0.25) is 0 Å². The zero-order valence-corrected chi connectivity index (χ0v) is 22.6. The quantitative estimate of drug-likeness (QED) is 0.367. The number of rotatable bonds is 1. The molecule has 0 amide bonds. The third kappa shape index (κ3) is 4.09. The molecule has 3 aliphatic carbocycles. The molecule has 1 saturated carbocycles. The lowest BCUT2D eigenvalue weighted by Gasteiger charge is -2.53. The Morgan fingerprint density at radius 3 is 2.40 bits per heavy atom. The zero-order valence-electron chi connectivity index (χ0n) is 21.1. The Labute approximate surface area is 217 Å². The van der Waals surface area contributed by atoms with E-state index < -0.39 is 11.4 Å². The van der Waals surface area contributed by atoms with Gasteiger partial charge in [0.2, 0.25) is 5.78 Å². The highest BCUT2D eigenvalue weighted by atomic mass is 35.5. The molecule has 5 aliphatic rings. The van der Waals surface area contributed by atoms with Gasteiger partial charge < -0.3 is 19.6 Å². The molecule has 0 spiro atoms. The van der Waals surface area contributed by atoms with Crippen molar-refractivity contribution in [3.05, 3.63) is 34.3 Å². The molecule has 2 aliphatic heterocycles. The highest BCUT2D eigenvalue weighted by Crippen LogP contribution is 2.63. The monoisotopic (exact) mass is 525 g/mol. The van der Waals surface area contributed by atoms with Crippen LogP contribution < -0.4 is 5.32 Å². The fraction of sp³-hybridized carbons (Fsp3) is 0.704. The van der Waals surface area contributed by atoms with Crippen LogP contribution in [0.3, 0.4) is 0 Å². The number of alkyl halides is 2. The lowest BCUT2D eigenvalue weighted by atomic mass is 9.52. The first kappa shape index (κ1) is 26.7. The van der Waals surface area contributed by atoms with Crippen molar-refractivity contribution in [3.8, 4) is 0 Å². The predicted octanol–water partition coefficient (Wildman–Crippen LogP) is 5.59. The van der Waals surface area contributed by atoms with Crippen molar-refractivity contribution in [2.45, 2.75) is 83.8 Å². The number of Topliss-reactive ketones (excluding diaryl/α,β-unsaturated/α-hetero) is 1. The third-order valence-electron chi connectivity index (χ3n) is 8.93. The Hall–Kier alpha value is -1.34. The third-order valence-corrected chi connectivity index (χ3v) is 8.93. The number of allylic oxidation sites excluding steroid dienone is 1. The molecular weight excluding hydrogens is 489 g/mol. The van der Waals surface area contributed by atoms with E-state index in [2.05, 4.69) is 26.1 Å². The first-order valence-electron chi connectivity index (χ1n) is 12.8. The summed E-state index contributed by atoms with van der Waals surface area (Å²) in [5.41, 5.74) is 2.22. The van der Waals surface area contributed by atoms with Gasteiger partial charge in [-0.1, -0.05) is 20.8 Å². The van der Waals surface area contributed by atoms with Crippen LogP contribution in [-0.4, -0.2) is 47.5 Å². The average molecular weight is 527 g/mol. The first-order valence-corrected chi connectivity index (χ1v) is 13.9. The summed E-state index contributed by atoms with van der Waals surface area (Å²) in [5.74, 6) is -0.0281. The highest BCUT2D eigenvalue weighted by molar-refractivity contribution is 6.40. The molecule has 3 heterocycles. The van der Waals surface area contributed by atoms with E-state index in [1.165, 1.54) is 32.2 Å². The van der Waals surface area contributed by atoms with Crippen molar-refractivity contribution in [2.75, 3.05) is 18.4 Å². The van der Waals surface area contributed by atoms with E-state index in [9.17, 15) is 14.7 Å². The minimum absolute atomic E-state index is 0.0276. The second-order valence-electron chi connectivity index (χ2n) is 10.8. The van der Waals surface area contributed by atoms with Gasteiger partial charge >= 0.3 is 5.97 Å². The number of ketones is 1. The highest BCUT2D eigenvalue weighted by Gasteiger charge is 2.62. The lowest BCUT2D eigenvalue weighted by Crippen LogP contribution is -2.54. The summed E-state index contributed by atoms with van der Waals surface area (Å²) >= 11 is 9.53. The van der Waals surface area contributed by atoms with Gasteiger partial charge in [-0.3, -0.25) is 4.79 Å². The van der Waals surface area contributed by atoms with Crippen molar-refractivity contribution >= 4 is 35.0 Å². The number of hydrogen-bond donors (Lipinski definition) is 2. The minimum Gasteiger partial charge on any atom is -0.460 e. The number of ether oxygens (including phenoxy) is 1. The Bertz CT molecular complexity index is 1010. The normalized spacial score (nSPS) is 36.8. The van der Waals surface area contributed by atoms with E-state index in [0.29, 0.717) is 17.7 Å². The Morgan fingerprint density at radius 1 is 1.17 bits per heavy atom. The van der Waals surface area contributed by atoms with Crippen LogP contribution in [0.5, 0.6) is 0 Å². The number of fused-ring (bicyclic) bond motifs is 3. The summed E-state index contributed by atoms with van der Waals surface area (Å²) in [4.78, 5) is 26.0. The van der Waals surface area contributed by atoms with E-state index in [0.717, 1.165) is 36.0 Å². The molecule has 2 fully saturated rings. The Morgan fingerprint density at radius 2 is 1.83 bits per heavy atom. The second-order valence-corrected chi connectivity index (χ2v) is 11.6. The Balaban J connectivity index is 0.000000312. The molecule has 1 saturated heterocycles. The molecule has 0 bridgehead atoms. The van der Waals surface area contributed by atoms with Gasteiger partial charge in [-0.05, 0) is 75.9 Å². The molecule has 6 rings (SSSR count). The van der Waals surface area contributed by atoms with Crippen molar-refractivity contribution in [1.82, 2.24) is 5.32 Å². The summed E-state index contributed by atoms with van der Waals surface area (Å²) < 4.78 is 11.5. The zero-order chi connectivity index (χ0) is 25.5. The second kappa shape index (κ2) is 10.2. The Kier molecular flexibility index (Phi) is 7.78. The lowest BCUT2D eigenvalue weighted by molar-refractivity contribution is -0.00522. The van der Waals surface area contributed by atoms with Gasteiger partial charge in [0.25, 0.3) is 0 Å². The van der Waals surface area contributed by atoms with Crippen LogP contribution >= 0.6 is 23.2 Å². The molecule has 194 valence electrons. The van der Waals surface area contributed by atoms with Crippen molar-refractivity contribution < 1.29 is 23.8 Å². The molecule has 1 aromatic rings. The van der Waals surface area contributed by atoms with Crippen LogP contribution in [0, 0.1) is 17.3 Å². The number of aliphatic hydroxyl groups is 1. The maximum absolute atomic E-state index is 13.5. The van der Waals surface area contributed by atoms with Crippen LogP contribution in [0.4, 0.5) is 0 Å². The largest absolute Gasteiger partial charge is 0.460 e. The smallest absolute Gasteiger partial charge is 0.342 e. The molecule has 0 aromatic carbocycles. The number of carbonyl (C=O) groups excluding carboxylic acids is 2. The van der Waals surface area contributed by atoms with Crippen LogP contribution in [0.15, 0.2) is 21.8 Å². The number of carbonyl (C=O) groups is 2. The molecule has 35 heavy (non-hydrogen) atoms. The van der Waals surface area contributed by atoms with Crippen molar-refractivity contribution in [2.24, 2.45) is 17.3 Å². The fourth-order valence-electron chi connectivity index (χ4n) is 7.47. The standard InChI is InChI=1S/C22H26O5.C4H9N.CH2Cl2/c1-5-14-22(4)16-10(2)8-21(3)12(6-7-13(21)23)15(16)18(24)19-17(22)11(9-26-19)20(25)27-14;1-2-4-5-3-1;2-1-3/h9-10,12-14,23H,5-8H2,1-4H3;5H,1-4H2;1H2/t10-,12+,13+,14-,21+,22-;;/m1../s1. The number of aliphatic hydroxyl groups excluding tert-OH is 1. The van der Waals surface area contributed by atoms with Crippen LogP contribution in [0.25, 0.3) is 0 Å². The van der Waals surface area contributed by atoms with E-state index in [-0.39, 0.29) is 40.6 Å². The topological polar surface area (TPSA) is 88.8 Å². The van der Waals surface area contributed by atoms with Gasteiger partial charge in [0.1, 0.15) is 17.9 Å². The average Bonchev–Trinajstić information content (AvgIpc) is 3.57. The van der Waals surface area contributed by atoms with Gasteiger partial charge in [0.05, 0.1) is 16.9 Å². The number of hydrogen-bond acceptors (Lipinski definition) is 6. The number of cyclic esters (lactones) is 1. The van der Waals surface area contributed by atoms with E-state index >= 15 is 0 Å². The maximum Gasteiger partial charge on any atom is 0.342 e. The number of esters is 1. The molecule has 1 aromatic heterocycles. The molecule has 8 heteroatoms. The molecular formula is C27H37Cl2NO5. The summed E-state index contributed by atoms with van der Waals surface area (Å²) in [6.07, 6.45) is 6.51. The molecule has 2 N–H and O–H groups in total. The number of furan rings is 1. The summed E-state index contributed by atoms with van der Waals surface area (Å²) in [6.45, 7) is 10.9. The van der Waals surface area contributed by atoms with Gasteiger partial charge in [0, 0.05) is 16.6 Å². The number of halogens is 2. The van der Waals surface area contributed by atoms with Crippen LogP contribution in [-0.2, 0) is 10.2 Å². The van der Waals surface area contributed by atoms with Gasteiger partial charge in [-0.25, -0.2) is 4.79 Å². The summed E-state index contributed by atoms with van der Waals surface area (Å²) in [5, 5.41) is 14.1. The van der Waals surface area contributed by atoms with Gasteiger partial charge in [-0.2, -0.15) is 0 Å². The first-order chi connectivity index (χ1) is 16.7. The minimum atomic E-state index is -0.544. The van der Waals surface area contributed by atoms with E-state index in [4.69, 9.17) is 32.4 Å². The van der Waals surface area contributed by atoms with Crippen LogP contribution in [0.1, 0.15) is 92.7 Å². The van der Waals surface area contributed by atoms with Crippen molar-refractivity contribution in [3.63, 3.8) is 0 Å². The summed E-state index contributed by atoms with van der Waals surface area (Å²) in [7, 11) is 0. The van der Waals surface area contributed by atoms with E-state index in [1.54, 1.807) is 0 Å². The molecule has 0 unspecified atom stereocenters. The molecule has 0 radical (unpaired) electrons. The fourth-order valence-corrected chi connectivity index (χ4v) is 7.47. The maximum atomic E-state index is 13.5. The predicted molar refractivity (Wildman–Crippen MR) is 136 cm³/mol. The summed E-state index contributed by atoms with van der Waals surface area (Å²) in [6, 6.07) is 0. The van der Waals surface area contributed by atoms with Gasteiger partial charge in [-0.15, -0.1) is 23.2 Å². The SMILES string of the molecule is C1CCNC1.CC[C@H]1OC(=O)c2coc3c2[C@@]1(C)C1=C(C3=O)[C@@H]2CC[C@H](O)[C@@]2(C)C[C@H]1C.ClCCl. The van der Waals surface area contributed by atoms with Gasteiger partial charge in [0.15, 0.2) is 5.76 Å². The van der Waals surface area contributed by atoms with E-state index in [1.807, 2.05) is 6.92 Å². The molecule has 6 nitrogen and oxygen atoms in total. The molecule has 6 atom stereocenters. The van der Waals surface area contributed by atoms with Crippen molar-refractivity contribution in [1.29, 1.82) is 0 Å².